The van der Waals surface area contributed by atoms with E-state index in [1.807, 2.05) is 49.3 Å². The van der Waals surface area contributed by atoms with Gasteiger partial charge in [-0.15, -0.1) is 0 Å². The second-order valence-electron chi connectivity index (χ2n) is 6.35. The van der Waals surface area contributed by atoms with Crippen LogP contribution in [-0.4, -0.2) is 57.1 Å². The third-order valence-corrected chi connectivity index (χ3v) is 5.38. The number of rotatable bonds is 8. The number of nitrogens with zero attached hydrogens (tertiary/aromatic N) is 2. The molecule has 2 aromatic carbocycles. The first-order valence-corrected chi connectivity index (χ1v) is 9.86. The molecule has 0 bridgehead atoms. The topological polar surface area (TPSA) is 57.7 Å². The van der Waals surface area contributed by atoms with E-state index in [1.54, 1.807) is 4.90 Å². The van der Waals surface area contributed by atoms with Crippen molar-refractivity contribution in [1.29, 1.82) is 0 Å². The van der Waals surface area contributed by atoms with Crippen molar-refractivity contribution in [3.8, 4) is 0 Å². The molecule has 0 atom stereocenters. The standard InChI is InChI=1S/C19H22F2N2O3S/c1-22(2)12-13-23(14-15-6-4-3-5-7-15)18(24)16-8-10-17(11-9-16)27(25,26)19(20)21/h3-11,19H,12-14H2,1-2H3. The van der Waals surface area contributed by atoms with Crippen LogP contribution in [0.2, 0.25) is 0 Å². The molecule has 0 fully saturated rings. The van der Waals surface area contributed by atoms with Gasteiger partial charge < -0.3 is 9.80 Å². The summed E-state index contributed by atoms with van der Waals surface area (Å²) in [7, 11) is -0.879. The van der Waals surface area contributed by atoms with Gasteiger partial charge in [-0.25, -0.2) is 8.42 Å². The minimum Gasteiger partial charge on any atom is -0.333 e. The fraction of sp³-hybridized carbons (Fsp3) is 0.316. The van der Waals surface area contributed by atoms with Gasteiger partial charge in [-0.05, 0) is 43.9 Å². The highest BCUT2D eigenvalue weighted by atomic mass is 32.2. The lowest BCUT2D eigenvalue weighted by atomic mass is 10.1. The van der Waals surface area contributed by atoms with Gasteiger partial charge in [-0.2, -0.15) is 8.78 Å². The van der Waals surface area contributed by atoms with Crippen LogP contribution in [0.25, 0.3) is 0 Å². The van der Waals surface area contributed by atoms with Crippen molar-refractivity contribution in [2.45, 2.75) is 17.2 Å². The fourth-order valence-electron chi connectivity index (χ4n) is 2.45. The molecule has 0 radical (unpaired) electrons. The Morgan fingerprint density at radius 1 is 0.963 bits per heavy atom. The molecule has 0 saturated carbocycles. The van der Waals surface area contributed by atoms with Crippen molar-refractivity contribution in [1.82, 2.24) is 9.80 Å². The number of carbonyl (C=O) groups is 1. The first-order chi connectivity index (χ1) is 12.7. The molecular weight excluding hydrogens is 374 g/mol. The quantitative estimate of drug-likeness (QED) is 0.689. The van der Waals surface area contributed by atoms with Gasteiger partial charge in [0.1, 0.15) is 0 Å². The molecular formula is C19H22F2N2O3S. The van der Waals surface area contributed by atoms with E-state index in [9.17, 15) is 22.0 Å². The van der Waals surface area contributed by atoms with E-state index in [0.717, 1.165) is 17.7 Å². The second kappa shape index (κ2) is 9.05. The number of likely N-dealkylation sites (N-methyl/N-ethyl adjacent to an activating group) is 1. The lowest BCUT2D eigenvalue weighted by Crippen LogP contribution is -2.36. The first-order valence-electron chi connectivity index (χ1n) is 8.32. The molecule has 0 saturated heterocycles. The van der Waals surface area contributed by atoms with Gasteiger partial charge in [0.2, 0.25) is 9.84 Å². The molecule has 0 spiro atoms. The number of carbonyl (C=O) groups excluding carboxylic acids is 1. The predicted molar refractivity (Wildman–Crippen MR) is 99.4 cm³/mol. The normalized spacial score (nSPS) is 11.8. The Kier molecular flexibility index (Phi) is 7.04. The van der Waals surface area contributed by atoms with Gasteiger partial charge in [-0.3, -0.25) is 4.79 Å². The molecule has 27 heavy (non-hydrogen) atoms. The molecule has 8 heteroatoms. The molecule has 0 aromatic heterocycles. The third kappa shape index (κ3) is 5.58. The summed E-state index contributed by atoms with van der Waals surface area (Å²) in [6, 6.07) is 14.1. The highest BCUT2D eigenvalue weighted by Crippen LogP contribution is 2.19. The average Bonchev–Trinajstić information content (AvgIpc) is 2.65. The lowest BCUT2D eigenvalue weighted by Gasteiger charge is -2.25. The predicted octanol–water partition coefficient (Wildman–Crippen LogP) is 2.89. The molecule has 0 heterocycles. The maximum Gasteiger partial charge on any atom is 0.341 e. The molecule has 2 rings (SSSR count). The van der Waals surface area contributed by atoms with E-state index in [-0.39, 0.29) is 11.5 Å². The molecule has 0 aliphatic rings. The zero-order valence-electron chi connectivity index (χ0n) is 15.2. The Hall–Kier alpha value is -2.32. The summed E-state index contributed by atoms with van der Waals surface area (Å²) in [6.45, 7) is 1.51. The van der Waals surface area contributed by atoms with Crippen LogP contribution >= 0.6 is 0 Å². The maximum atomic E-state index is 12.9. The molecule has 0 aliphatic carbocycles. The Balaban J connectivity index is 2.23. The molecule has 1 amide bonds. The van der Waals surface area contributed by atoms with E-state index in [1.165, 1.54) is 12.1 Å². The van der Waals surface area contributed by atoms with Crippen LogP contribution in [-0.2, 0) is 16.4 Å². The Labute approximate surface area is 158 Å². The highest BCUT2D eigenvalue weighted by molar-refractivity contribution is 7.91. The van der Waals surface area contributed by atoms with Crippen LogP contribution < -0.4 is 0 Å². The number of amides is 1. The van der Waals surface area contributed by atoms with Crippen molar-refractivity contribution >= 4 is 15.7 Å². The summed E-state index contributed by atoms with van der Waals surface area (Å²) in [6.07, 6.45) is 0. The smallest absolute Gasteiger partial charge is 0.333 e. The summed E-state index contributed by atoms with van der Waals surface area (Å²) >= 11 is 0. The largest absolute Gasteiger partial charge is 0.341 e. The minimum atomic E-state index is -4.67. The van der Waals surface area contributed by atoms with Crippen molar-refractivity contribution in [3.63, 3.8) is 0 Å². The molecule has 146 valence electrons. The van der Waals surface area contributed by atoms with Crippen molar-refractivity contribution in [2.75, 3.05) is 27.2 Å². The Morgan fingerprint density at radius 3 is 2.07 bits per heavy atom. The van der Waals surface area contributed by atoms with E-state index in [2.05, 4.69) is 0 Å². The average molecular weight is 396 g/mol. The molecule has 0 aliphatic heterocycles. The number of hydrogen-bond acceptors (Lipinski definition) is 4. The van der Waals surface area contributed by atoms with Crippen LogP contribution in [0.15, 0.2) is 59.5 Å². The van der Waals surface area contributed by atoms with Gasteiger partial charge in [0.15, 0.2) is 0 Å². The monoisotopic (exact) mass is 396 g/mol. The molecule has 2 aromatic rings. The third-order valence-electron chi connectivity index (χ3n) is 3.98. The highest BCUT2D eigenvalue weighted by Gasteiger charge is 2.27. The van der Waals surface area contributed by atoms with Crippen LogP contribution in [0.5, 0.6) is 0 Å². The zero-order chi connectivity index (χ0) is 20.0. The number of hydrogen-bond donors (Lipinski definition) is 0. The fourth-order valence-corrected chi connectivity index (χ4v) is 3.17. The van der Waals surface area contributed by atoms with Gasteiger partial charge in [0.25, 0.3) is 5.91 Å². The van der Waals surface area contributed by atoms with Gasteiger partial charge >= 0.3 is 5.76 Å². The van der Waals surface area contributed by atoms with Crippen LogP contribution in [0, 0.1) is 0 Å². The number of sulfone groups is 1. The van der Waals surface area contributed by atoms with E-state index in [0.29, 0.717) is 19.6 Å². The van der Waals surface area contributed by atoms with E-state index >= 15 is 0 Å². The van der Waals surface area contributed by atoms with E-state index in [4.69, 9.17) is 0 Å². The van der Waals surface area contributed by atoms with Crippen LogP contribution in [0.4, 0.5) is 8.78 Å². The number of halogens is 2. The van der Waals surface area contributed by atoms with Gasteiger partial charge in [0.05, 0.1) is 4.90 Å². The summed E-state index contributed by atoms with van der Waals surface area (Å²) in [4.78, 5) is 16.0. The minimum absolute atomic E-state index is 0.248. The maximum absolute atomic E-state index is 12.9. The van der Waals surface area contributed by atoms with Crippen LogP contribution in [0.3, 0.4) is 0 Å². The van der Waals surface area contributed by atoms with Gasteiger partial charge in [-0.1, -0.05) is 30.3 Å². The van der Waals surface area contributed by atoms with Gasteiger partial charge in [0, 0.05) is 25.2 Å². The number of alkyl halides is 2. The summed E-state index contributed by atoms with van der Waals surface area (Å²) in [5.41, 5.74) is 1.21. The van der Waals surface area contributed by atoms with Crippen LogP contribution in [0.1, 0.15) is 15.9 Å². The number of benzene rings is 2. The lowest BCUT2D eigenvalue weighted by molar-refractivity contribution is 0.0732. The van der Waals surface area contributed by atoms with E-state index < -0.39 is 20.5 Å². The van der Waals surface area contributed by atoms with Crippen molar-refractivity contribution < 1.29 is 22.0 Å². The Bertz CT molecular complexity index is 854. The Morgan fingerprint density at radius 2 is 1.56 bits per heavy atom. The second-order valence-corrected chi connectivity index (χ2v) is 8.26. The summed E-state index contributed by atoms with van der Waals surface area (Å²) in [5, 5.41) is 0. The summed E-state index contributed by atoms with van der Waals surface area (Å²) in [5.74, 6) is -3.78. The zero-order valence-corrected chi connectivity index (χ0v) is 16.0. The van der Waals surface area contributed by atoms with Crippen molar-refractivity contribution in [3.05, 3.63) is 65.7 Å². The molecule has 5 nitrogen and oxygen atoms in total. The first kappa shape index (κ1) is 21.0. The van der Waals surface area contributed by atoms with Crippen molar-refractivity contribution in [2.24, 2.45) is 0 Å². The molecule has 0 N–H and O–H groups in total. The molecule has 0 unspecified atom stereocenters. The SMILES string of the molecule is CN(C)CCN(Cc1ccccc1)C(=O)c1ccc(S(=O)(=O)C(F)F)cc1. The summed E-state index contributed by atoms with van der Waals surface area (Å²) < 4.78 is 48.3.